The molecule has 0 aliphatic carbocycles. The fourth-order valence-electron chi connectivity index (χ4n) is 1.14. The topological polar surface area (TPSA) is 66.8 Å². The molecule has 0 spiro atoms. The molecule has 4 nitrogen and oxygen atoms in total. The van der Waals surface area contributed by atoms with E-state index in [2.05, 4.69) is 11.8 Å². The summed E-state index contributed by atoms with van der Waals surface area (Å²) >= 11 is 0. The van der Waals surface area contributed by atoms with Crippen LogP contribution in [0.5, 0.6) is 5.75 Å². The van der Waals surface area contributed by atoms with Crippen LogP contribution in [0.2, 0.25) is 0 Å². The van der Waals surface area contributed by atoms with Gasteiger partial charge in [-0.3, -0.25) is 0 Å². The number of benzene rings is 1. The maximum atomic E-state index is 10.7. The Morgan fingerprint density at radius 2 is 2.25 bits per heavy atom. The van der Waals surface area contributed by atoms with Crippen molar-refractivity contribution in [3.05, 3.63) is 29.3 Å². The lowest BCUT2D eigenvalue weighted by Crippen LogP contribution is -1.98. The highest BCUT2D eigenvalue weighted by molar-refractivity contribution is 5.88. The summed E-state index contributed by atoms with van der Waals surface area (Å²) in [5.41, 5.74) is 0.769. The highest BCUT2D eigenvalue weighted by Crippen LogP contribution is 2.19. The number of ether oxygens (including phenoxy) is 1. The van der Waals surface area contributed by atoms with E-state index in [0.717, 1.165) is 0 Å². The molecule has 0 atom stereocenters. The van der Waals surface area contributed by atoms with Gasteiger partial charge in [-0.2, -0.15) is 0 Å². The lowest BCUT2D eigenvalue weighted by Gasteiger charge is -2.04. The first kappa shape index (κ1) is 12.1. The molecule has 2 N–H and O–H groups in total. The molecule has 1 aromatic rings. The van der Waals surface area contributed by atoms with Gasteiger partial charge in [-0.1, -0.05) is 11.8 Å². The second-order valence-corrected chi connectivity index (χ2v) is 3.00. The van der Waals surface area contributed by atoms with Crippen LogP contribution in [0.25, 0.3) is 0 Å². The number of hydrogen-bond donors (Lipinski definition) is 2. The van der Waals surface area contributed by atoms with Crippen molar-refractivity contribution in [3.63, 3.8) is 0 Å². The van der Waals surface area contributed by atoms with E-state index >= 15 is 0 Å². The number of carboxylic acids is 1. The van der Waals surface area contributed by atoms with E-state index in [1.54, 1.807) is 6.07 Å². The third kappa shape index (κ3) is 3.01. The number of carboxylic acid groups (broad SMARTS) is 1. The number of aliphatic hydroxyl groups is 1. The van der Waals surface area contributed by atoms with E-state index in [-0.39, 0.29) is 12.2 Å². The van der Waals surface area contributed by atoms with E-state index in [0.29, 0.717) is 17.7 Å². The third-order valence-corrected chi connectivity index (χ3v) is 1.91. The molecule has 84 valence electrons. The number of methoxy groups -OCH3 is 1. The van der Waals surface area contributed by atoms with E-state index in [1.165, 1.54) is 19.2 Å². The van der Waals surface area contributed by atoms with Gasteiger partial charge in [0.05, 0.1) is 24.8 Å². The largest absolute Gasteiger partial charge is 0.495 e. The smallest absolute Gasteiger partial charge is 0.335 e. The van der Waals surface area contributed by atoms with Crippen LogP contribution in [0.3, 0.4) is 0 Å². The van der Waals surface area contributed by atoms with Crippen molar-refractivity contribution in [2.45, 2.75) is 6.42 Å². The van der Waals surface area contributed by atoms with Crippen LogP contribution in [-0.4, -0.2) is 29.9 Å². The Bertz CT molecular complexity index is 440. The van der Waals surface area contributed by atoms with Gasteiger partial charge in [0, 0.05) is 6.42 Å². The van der Waals surface area contributed by atoms with Gasteiger partial charge in [-0.25, -0.2) is 4.79 Å². The van der Waals surface area contributed by atoms with Gasteiger partial charge >= 0.3 is 5.97 Å². The maximum absolute atomic E-state index is 10.7. The minimum absolute atomic E-state index is 0.00250. The molecule has 1 aromatic carbocycles. The van der Waals surface area contributed by atoms with Crippen molar-refractivity contribution >= 4 is 5.97 Å². The molecule has 0 aromatic heterocycles. The molecule has 0 saturated heterocycles. The zero-order chi connectivity index (χ0) is 12.0. The van der Waals surface area contributed by atoms with Crippen molar-refractivity contribution in [1.82, 2.24) is 0 Å². The number of rotatable bonds is 3. The Kier molecular flexibility index (Phi) is 4.37. The third-order valence-electron chi connectivity index (χ3n) is 1.91. The summed E-state index contributed by atoms with van der Waals surface area (Å²) in [6, 6.07) is 4.48. The average Bonchev–Trinajstić information content (AvgIpc) is 2.29. The van der Waals surface area contributed by atoms with E-state index in [9.17, 15) is 4.79 Å². The quantitative estimate of drug-likeness (QED) is 0.749. The first-order valence-corrected chi connectivity index (χ1v) is 4.70. The highest BCUT2D eigenvalue weighted by Gasteiger charge is 2.07. The molecule has 4 heteroatoms. The van der Waals surface area contributed by atoms with E-state index in [4.69, 9.17) is 14.9 Å². The summed E-state index contributed by atoms with van der Waals surface area (Å²) in [4.78, 5) is 10.7. The number of aromatic carboxylic acids is 1. The summed E-state index contributed by atoms with van der Waals surface area (Å²) in [5.74, 6) is 4.97. The van der Waals surface area contributed by atoms with Gasteiger partial charge in [0.15, 0.2) is 0 Å². The van der Waals surface area contributed by atoms with Crippen LogP contribution in [-0.2, 0) is 0 Å². The van der Waals surface area contributed by atoms with Gasteiger partial charge in [-0.15, -0.1) is 0 Å². The summed E-state index contributed by atoms with van der Waals surface area (Å²) in [6.45, 7) is 0.00250. The molecule has 16 heavy (non-hydrogen) atoms. The summed E-state index contributed by atoms with van der Waals surface area (Å²) in [5, 5.41) is 17.4. The highest BCUT2D eigenvalue weighted by atomic mass is 16.5. The lowest BCUT2D eigenvalue weighted by atomic mass is 10.1. The molecule has 0 amide bonds. The predicted octanol–water partition coefficient (Wildman–Crippen LogP) is 1.13. The Balaban J connectivity index is 3.03. The van der Waals surface area contributed by atoms with Crippen molar-refractivity contribution in [2.75, 3.05) is 13.7 Å². The average molecular weight is 220 g/mol. The fraction of sp³-hybridized carbons (Fsp3) is 0.250. The fourth-order valence-corrected chi connectivity index (χ4v) is 1.14. The van der Waals surface area contributed by atoms with Crippen LogP contribution >= 0.6 is 0 Å². The molecular formula is C12H12O4. The van der Waals surface area contributed by atoms with E-state index < -0.39 is 5.97 Å². The van der Waals surface area contributed by atoms with Crippen molar-refractivity contribution in [2.24, 2.45) is 0 Å². The van der Waals surface area contributed by atoms with Gasteiger partial charge in [0.2, 0.25) is 0 Å². The maximum Gasteiger partial charge on any atom is 0.335 e. The first-order valence-electron chi connectivity index (χ1n) is 4.70. The van der Waals surface area contributed by atoms with Gasteiger partial charge in [-0.05, 0) is 18.2 Å². The second kappa shape index (κ2) is 5.79. The summed E-state index contributed by atoms with van der Waals surface area (Å²) in [6.07, 6.45) is 0.379. The van der Waals surface area contributed by atoms with Crippen LogP contribution in [0.15, 0.2) is 18.2 Å². The number of hydrogen-bond acceptors (Lipinski definition) is 3. The Labute approximate surface area is 93.5 Å². The normalized spacial score (nSPS) is 9.12. The van der Waals surface area contributed by atoms with Crippen LogP contribution in [0.4, 0.5) is 0 Å². The zero-order valence-corrected chi connectivity index (χ0v) is 8.86. The van der Waals surface area contributed by atoms with Crippen LogP contribution in [0.1, 0.15) is 22.3 Å². The first-order chi connectivity index (χ1) is 7.69. The molecule has 0 radical (unpaired) electrons. The summed E-state index contributed by atoms with van der Waals surface area (Å²) in [7, 11) is 1.46. The van der Waals surface area contributed by atoms with Crippen LogP contribution < -0.4 is 4.74 Å². The lowest BCUT2D eigenvalue weighted by molar-refractivity contribution is 0.0696. The Morgan fingerprint density at radius 1 is 1.50 bits per heavy atom. The van der Waals surface area contributed by atoms with Gasteiger partial charge in [0.1, 0.15) is 5.75 Å². The zero-order valence-electron chi connectivity index (χ0n) is 8.86. The number of aliphatic hydroxyl groups excluding tert-OH is 1. The second-order valence-electron chi connectivity index (χ2n) is 3.00. The molecule has 0 fully saturated rings. The SMILES string of the molecule is COc1cc(C(=O)O)ccc1C#CCCO. The van der Waals surface area contributed by atoms with Gasteiger partial charge in [0.25, 0.3) is 0 Å². The minimum atomic E-state index is -1.01. The molecule has 0 unspecified atom stereocenters. The Hall–Kier alpha value is -1.99. The molecule has 0 aliphatic rings. The molecule has 0 heterocycles. The minimum Gasteiger partial charge on any atom is -0.495 e. The van der Waals surface area contributed by atoms with Crippen molar-refractivity contribution in [3.8, 4) is 17.6 Å². The summed E-state index contributed by atoms with van der Waals surface area (Å²) < 4.78 is 5.04. The standard InChI is InChI=1S/C12H12O4/c1-16-11-8-10(12(14)15)6-5-9(11)4-2-3-7-13/h5-6,8,13H,3,7H2,1H3,(H,14,15). The van der Waals surface area contributed by atoms with Gasteiger partial charge < -0.3 is 14.9 Å². The van der Waals surface area contributed by atoms with Crippen molar-refractivity contribution < 1.29 is 19.7 Å². The molecule has 0 aliphatic heterocycles. The van der Waals surface area contributed by atoms with Crippen LogP contribution in [0, 0.1) is 11.8 Å². The van der Waals surface area contributed by atoms with E-state index in [1.807, 2.05) is 0 Å². The Morgan fingerprint density at radius 3 is 2.81 bits per heavy atom. The predicted molar refractivity (Wildman–Crippen MR) is 58.5 cm³/mol. The monoisotopic (exact) mass is 220 g/mol. The molecule has 0 saturated carbocycles. The molecule has 0 bridgehead atoms. The van der Waals surface area contributed by atoms with Crippen molar-refractivity contribution in [1.29, 1.82) is 0 Å². The molecule has 1 rings (SSSR count). The molecular weight excluding hydrogens is 208 g/mol. The number of carbonyl (C=O) groups is 1.